The maximum Gasteiger partial charge on any atom is 0.182 e. The molecule has 18 heavy (non-hydrogen) atoms. The van der Waals surface area contributed by atoms with Crippen molar-refractivity contribution in [3.8, 4) is 0 Å². The minimum absolute atomic E-state index is 0.0209. The second-order valence-electron chi connectivity index (χ2n) is 5.55. The van der Waals surface area contributed by atoms with E-state index >= 15 is 0 Å². The fourth-order valence-corrected chi connectivity index (χ4v) is 3.39. The van der Waals surface area contributed by atoms with Gasteiger partial charge in [-0.1, -0.05) is 12.8 Å². The van der Waals surface area contributed by atoms with Gasteiger partial charge in [0, 0.05) is 18.8 Å². The Kier molecular flexibility index (Phi) is 3.20. The SMILES string of the molecule is CCn1cc(C(=O)C2CC3CCCCC3N2)cn1. The molecule has 1 saturated carbocycles. The van der Waals surface area contributed by atoms with Crippen molar-refractivity contribution < 1.29 is 4.79 Å². The van der Waals surface area contributed by atoms with E-state index in [9.17, 15) is 4.79 Å². The maximum absolute atomic E-state index is 12.4. The molecule has 4 nitrogen and oxygen atoms in total. The zero-order valence-electron chi connectivity index (χ0n) is 10.9. The molecule has 3 unspecified atom stereocenters. The Morgan fingerprint density at radius 1 is 1.50 bits per heavy atom. The fraction of sp³-hybridized carbons (Fsp3) is 0.714. The molecule has 3 atom stereocenters. The molecular formula is C14H21N3O. The van der Waals surface area contributed by atoms with Gasteiger partial charge >= 0.3 is 0 Å². The molecule has 0 bridgehead atoms. The number of nitrogens with one attached hydrogen (secondary N) is 1. The van der Waals surface area contributed by atoms with Crippen LogP contribution in [0.3, 0.4) is 0 Å². The molecule has 98 valence electrons. The quantitative estimate of drug-likeness (QED) is 0.831. The smallest absolute Gasteiger partial charge is 0.182 e. The summed E-state index contributed by atoms with van der Waals surface area (Å²) in [7, 11) is 0. The van der Waals surface area contributed by atoms with Crippen molar-refractivity contribution in [1.82, 2.24) is 15.1 Å². The first-order chi connectivity index (χ1) is 8.78. The van der Waals surface area contributed by atoms with E-state index in [1.807, 2.05) is 17.8 Å². The molecule has 2 aliphatic rings. The highest BCUT2D eigenvalue weighted by atomic mass is 16.1. The van der Waals surface area contributed by atoms with Crippen LogP contribution in [0.5, 0.6) is 0 Å². The molecule has 3 rings (SSSR count). The third kappa shape index (κ3) is 2.09. The van der Waals surface area contributed by atoms with Gasteiger partial charge in [-0.3, -0.25) is 9.48 Å². The average Bonchev–Trinajstić information content (AvgIpc) is 3.04. The van der Waals surface area contributed by atoms with Crippen molar-refractivity contribution in [3.63, 3.8) is 0 Å². The number of carbonyl (C=O) groups is 1. The summed E-state index contributed by atoms with van der Waals surface area (Å²) in [5, 5.41) is 7.72. The van der Waals surface area contributed by atoms with Crippen LogP contribution in [0.2, 0.25) is 0 Å². The highest BCUT2D eigenvalue weighted by Gasteiger charge is 2.38. The summed E-state index contributed by atoms with van der Waals surface area (Å²) in [5.74, 6) is 0.943. The van der Waals surface area contributed by atoms with Crippen molar-refractivity contribution in [2.24, 2.45) is 5.92 Å². The lowest BCUT2D eigenvalue weighted by atomic mass is 9.84. The number of carbonyl (C=O) groups excluding carboxylic acids is 1. The highest BCUT2D eigenvalue weighted by molar-refractivity contribution is 6.00. The molecule has 2 fully saturated rings. The van der Waals surface area contributed by atoms with Crippen molar-refractivity contribution in [1.29, 1.82) is 0 Å². The van der Waals surface area contributed by atoms with Crippen LogP contribution in [0.4, 0.5) is 0 Å². The number of fused-ring (bicyclic) bond motifs is 1. The van der Waals surface area contributed by atoms with E-state index in [0.29, 0.717) is 12.0 Å². The molecule has 2 heterocycles. The van der Waals surface area contributed by atoms with Crippen LogP contribution in [0.25, 0.3) is 0 Å². The first kappa shape index (κ1) is 11.9. The van der Waals surface area contributed by atoms with Gasteiger partial charge < -0.3 is 5.32 Å². The lowest BCUT2D eigenvalue weighted by Crippen LogP contribution is -2.37. The van der Waals surface area contributed by atoms with Gasteiger partial charge in [0.1, 0.15) is 0 Å². The number of ketones is 1. The third-order valence-corrected chi connectivity index (χ3v) is 4.42. The van der Waals surface area contributed by atoms with Gasteiger partial charge in [0.2, 0.25) is 0 Å². The molecule has 1 aliphatic carbocycles. The molecule has 1 saturated heterocycles. The monoisotopic (exact) mass is 247 g/mol. The summed E-state index contributed by atoms with van der Waals surface area (Å²) in [6.07, 6.45) is 9.75. The Morgan fingerprint density at radius 2 is 2.33 bits per heavy atom. The van der Waals surface area contributed by atoms with Crippen molar-refractivity contribution in [2.75, 3.05) is 0 Å². The molecule has 1 aromatic rings. The van der Waals surface area contributed by atoms with E-state index in [2.05, 4.69) is 10.4 Å². The Hall–Kier alpha value is -1.16. The molecule has 4 heteroatoms. The second kappa shape index (κ2) is 4.84. The van der Waals surface area contributed by atoms with E-state index in [1.54, 1.807) is 6.20 Å². The zero-order valence-corrected chi connectivity index (χ0v) is 10.9. The molecule has 1 N–H and O–H groups in total. The van der Waals surface area contributed by atoms with Gasteiger partial charge in [0.15, 0.2) is 5.78 Å². The van der Waals surface area contributed by atoms with Gasteiger partial charge in [-0.25, -0.2) is 0 Å². The van der Waals surface area contributed by atoms with Gasteiger partial charge in [-0.2, -0.15) is 5.10 Å². The first-order valence-corrected chi connectivity index (χ1v) is 7.10. The minimum Gasteiger partial charge on any atom is -0.304 e. The summed E-state index contributed by atoms with van der Waals surface area (Å²) < 4.78 is 1.81. The number of Topliss-reactive ketones (excluding diaryl/α,β-unsaturated/α-hetero) is 1. The summed E-state index contributed by atoms with van der Waals surface area (Å²) in [6, 6.07) is 0.599. The predicted molar refractivity (Wildman–Crippen MR) is 69.5 cm³/mol. The van der Waals surface area contributed by atoms with Crippen LogP contribution < -0.4 is 5.32 Å². The maximum atomic E-state index is 12.4. The largest absolute Gasteiger partial charge is 0.304 e. The van der Waals surface area contributed by atoms with E-state index in [1.165, 1.54) is 25.7 Å². The van der Waals surface area contributed by atoms with E-state index in [0.717, 1.165) is 18.5 Å². The van der Waals surface area contributed by atoms with E-state index < -0.39 is 0 Å². The number of aryl methyl sites for hydroxylation is 1. The standard InChI is InChI=1S/C14H21N3O/c1-2-17-9-11(8-15-17)14(18)13-7-10-5-3-4-6-12(10)16-13/h8-10,12-13,16H,2-7H2,1H3. The van der Waals surface area contributed by atoms with Gasteiger partial charge in [0.05, 0.1) is 17.8 Å². The summed E-state index contributed by atoms with van der Waals surface area (Å²) >= 11 is 0. The highest BCUT2D eigenvalue weighted by Crippen LogP contribution is 2.34. The van der Waals surface area contributed by atoms with Crippen LogP contribution >= 0.6 is 0 Å². The number of nitrogens with zero attached hydrogens (tertiary/aromatic N) is 2. The van der Waals surface area contributed by atoms with Crippen LogP contribution in [-0.2, 0) is 6.54 Å². The minimum atomic E-state index is 0.0209. The van der Waals surface area contributed by atoms with Crippen molar-refractivity contribution in [2.45, 2.75) is 57.7 Å². The number of rotatable bonds is 3. The molecular weight excluding hydrogens is 226 g/mol. The Bertz CT molecular complexity index is 426. The molecule has 1 aromatic heterocycles. The normalized spacial score (nSPS) is 31.3. The van der Waals surface area contributed by atoms with E-state index in [-0.39, 0.29) is 11.8 Å². The molecule has 0 aromatic carbocycles. The topological polar surface area (TPSA) is 46.9 Å². The number of aromatic nitrogens is 2. The van der Waals surface area contributed by atoms with Gasteiger partial charge in [-0.05, 0) is 32.1 Å². The Balaban J connectivity index is 1.70. The molecule has 1 aliphatic heterocycles. The molecule has 0 spiro atoms. The Labute approximate surface area is 108 Å². The summed E-state index contributed by atoms with van der Waals surface area (Å²) in [6.45, 7) is 2.85. The zero-order chi connectivity index (χ0) is 12.5. The third-order valence-electron chi connectivity index (χ3n) is 4.42. The van der Waals surface area contributed by atoms with Crippen molar-refractivity contribution >= 4 is 5.78 Å². The van der Waals surface area contributed by atoms with Crippen LogP contribution in [-0.4, -0.2) is 27.6 Å². The van der Waals surface area contributed by atoms with Gasteiger partial charge in [0.25, 0.3) is 0 Å². The lowest BCUT2D eigenvalue weighted by molar-refractivity contribution is 0.0949. The fourth-order valence-electron chi connectivity index (χ4n) is 3.39. The summed E-state index contributed by atoms with van der Waals surface area (Å²) in [5.41, 5.74) is 0.757. The first-order valence-electron chi connectivity index (χ1n) is 7.10. The summed E-state index contributed by atoms with van der Waals surface area (Å²) in [4.78, 5) is 12.4. The van der Waals surface area contributed by atoms with Crippen LogP contribution in [0.1, 0.15) is 49.4 Å². The van der Waals surface area contributed by atoms with Crippen LogP contribution in [0.15, 0.2) is 12.4 Å². The number of hydrogen-bond acceptors (Lipinski definition) is 3. The number of hydrogen-bond donors (Lipinski definition) is 1. The lowest BCUT2D eigenvalue weighted by Gasteiger charge is -2.24. The second-order valence-corrected chi connectivity index (χ2v) is 5.55. The average molecular weight is 247 g/mol. The van der Waals surface area contributed by atoms with Gasteiger partial charge in [-0.15, -0.1) is 0 Å². The molecule has 0 amide bonds. The van der Waals surface area contributed by atoms with Crippen molar-refractivity contribution in [3.05, 3.63) is 18.0 Å². The van der Waals surface area contributed by atoms with Crippen LogP contribution in [0, 0.1) is 5.92 Å². The molecule has 0 radical (unpaired) electrons. The van der Waals surface area contributed by atoms with E-state index in [4.69, 9.17) is 0 Å². The predicted octanol–water partition coefficient (Wildman–Crippen LogP) is 2.01. The Morgan fingerprint density at radius 3 is 3.06 bits per heavy atom.